The highest BCUT2D eigenvalue weighted by molar-refractivity contribution is 5.80. The fourth-order valence-corrected chi connectivity index (χ4v) is 2.58. The molecule has 3 unspecified atom stereocenters. The van der Waals surface area contributed by atoms with Crippen LogP contribution >= 0.6 is 0 Å². The molecule has 0 heterocycles. The molecule has 0 saturated heterocycles. The molecule has 100 valence electrons. The van der Waals surface area contributed by atoms with Crippen LogP contribution in [-0.4, -0.2) is 18.1 Å². The van der Waals surface area contributed by atoms with Gasteiger partial charge in [0.1, 0.15) is 6.10 Å². The Morgan fingerprint density at radius 2 is 2.24 bits per heavy atom. The summed E-state index contributed by atoms with van der Waals surface area (Å²) in [7, 11) is 0. The predicted octanol–water partition coefficient (Wildman–Crippen LogP) is 2.13. The van der Waals surface area contributed by atoms with Gasteiger partial charge in [0.05, 0.1) is 6.10 Å². The number of carbonyl (C=O) groups excluding carboxylic acids is 1. The third kappa shape index (κ3) is 4.64. The van der Waals surface area contributed by atoms with Crippen LogP contribution in [0.4, 0.5) is 0 Å². The molecule has 0 radical (unpaired) electrons. The van der Waals surface area contributed by atoms with E-state index in [0.717, 1.165) is 31.6 Å². The fraction of sp³-hybridized carbons (Fsp3) is 0.923. The zero-order valence-corrected chi connectivity index (χ0v) is 11.1. The first kappa shape index (κ1) is 14.5. The van der Waals surface area contributed by atoms with Crippen molar-refractivity contribution in [3.63, 3.8) is 0 Å². The number of nitrogens with one attached hydrogen (secondary N) is 1. The van der Waals surface area contributed by atoms with E-state index in [-0.39, 0.29) is 18.1 Å². The molecule has 1 saturated carbocycles. The highest BCUT2D eigenvalue weighted by atomic mass is 16.5. The Balaban J connectivity index is 2.45. The van der Waals surface area contributed by atoms with Gasteiger partial charge in [-0.15, -0.1) is 0 Å². The standard InChI is InChI=1S/C13H26N2O2/c1-3-6-12(13(16)15-14)17-11-8-5-7-10(4-2)9-11/h10-12H,3-9,14H2,1-2H3,(H,15,16). The van der Waals surface area contributed by atoms with Crippen molar-refractivity contribution < 1.29 is 9.53 Å². The lowest BCUT2D eigenvalue weighted by molar-refractivity contribution is -0.139. The number of ether oxygens (including phenoxy) is 1. The number of amides is 1. The van der Waals surface area contributed by atoms with E-state index in [9.17, 15) is 4.79 Å². The van der Waals surface area contributed by atoms with Crippen molar-refractivity contribution in [1.29, 1.82) is 0 Å². The molecule has 3 N–H and O–H groups in total. The van der Waals surface area contributed by atoms with Crippen LogP contribution in [0.5, 0.6) is 0 Å². The Bertz CT molecular complexity index is 233. The zero-order chi connectivity index (χ0) is 12.7. The zero-order valence-electron chi connectivity index (χ0n) is 11.1. The van der Waals surface area contributed by atoms with Crippen LogP contribution in [0.2, 0.25) is 0 Å². The van der Waals surface area contributed by atoms with E-state index in [4.69, 9.17) is 10.6 Å². The van der Waals surface area contributed by atoms with Crippen LogP contribution < -0.4 is 11.3 Å². The minimum atomic E-state index is -0.370. The van der Waals surface area contributed by atoms with E-state index in [1.165, 1.54) is 19.3 Å². The van der Waals surface area contributed by atoms with Crippen molar-refractivity contribution in [2.45, 2.75) is 71.0 Å². The van der Waals surface area contributed by atoms with Crippen LogP contribution in [0, 0.1) is 5.92 Å². The summed E-state index contributed by atoms with van der Waals surface area (Å²) in [5, 5.41) is 0. The van der Waals surface area contributed by atoms with Gasteiger partial charge in [0, 0.05) is 0 Å². The van der Waals surface area contributed by atoms with Gasteiger partial charge in [-0.3, -0.25) is 10.2 Å². The average molecular weight is 242 g/mol. The summed E-state index contributed by atoms with van der Waals surface area (Å²) < 4.78 is 5.92. The highest BCUT2D eigenvalue weighted by Crippen LogP contribution is 2.29. The first-order valence-corrected chi connectivity index (χ1v) is 6.87. The Labute approximate surface area is 104 Å². The predicted molar refractivity (Wildman–Crippen MR) is 68.1 cm³/mol. The first-order valence-electron chi connectivity index (χ1n) is 6.87. The van der Waals surface area contributed by atoms with Crippen molar-refractivity contribution >= 4 is 5.91 Å². The third-order valence-corrected chi connectivity index (χ3v) is 3.65. The maximum absolute atomic E-state index is 11.6. The van der Waals surface area contributed by atoms with Gasteiger partial charge in [-0.2, -0.15) is 0 Å². The maximum Gasteiger partial charge on any atom is 0.262 e. The molecule has 1 fully saturated rings. The smallest absolute Gasteiger partial charge is 0.262 e. The number of hydrogen-bond donors (Lipinski definition) is 2. The fourth-order valence-electron chi connectivity index (χ4n) is 2.58. The molecule has 1 aliphatic carbocycles. The van der Waals surface area contributed by atoms with Gasteiger partial charge in [0.15, 0.2) is 0 Å². The lowest BCUT2D eigenvalue weighted by atomic mass is 9.85. The van der Waals surface area contributed by atoms with Crippen molar-refractivity contribution in [1.82, 2.24) is 5.43 Å². The van der Waals surface area contributed by atoms with Crippen molar-refractivity contribution in [2.24, 2.45) is 11.8 Å². The quantitative estimate of drug-likeness (QED) is 0.426. The van der Waals surface area contributed by atoms with E-state index < -0.39 is 0 Å². The molecular formula is C13H26N2O2. The SMILES string of the molecule is CCCC(OC1CCCC(CC)C1)C(=O)NN. The Morgan fingerprint density at radius 1 is 1.47 bits per heavy atom. The minimum Gasteiger partial charge on any atom is -0.365 e. The molecule has 3 atom stereocenters. The molecule has 1 rings (SSSR count). The maximum atomic E-state index is 11.6. The van der Waals surface area contributed by atoms with Crippen molar-refractivity contribution in [3.8, 4) is 0 Å². The molecule has 0 aromatic heterocycles. The molecule has 0 aliphatic heterocycles. The van der Waals surface area contributed by atoms with Gasteiger partial charge < -0.3 is 4.74 Å². The molecule has 0 spiro atoms. The van der Waals surface area contributed by atoms with E-state index in [0.29, 0.717) is 0 Å². The monoisotopic (exact) mass is 242 g/mol. The van der Waals surface area contributed by atoms with Crippen molar-refractivity contribution in [2.75, 3.05) is 0 Å². The normalized spacial score (nSPS) is 26.5. The van der Waals surface area contributed by atoms with Gasteiger partial charge >= 0.3 is 0 Å². The number of rotatable bonds is 6. The number of carbonyl (C=O) groups is 1. The molecule has 1 aliphatic rings. The second-order valence-corrected chi connectivity index (χ2v) is 4.98. The molecule has 0 aromatic carbocycles. The summed E-state index contributed by atoms with van der Waals surface area (Å²) in [5.74, 6) is 5.75. The van der Waals surface area contributed by atoms with Gasteiger partial charge in [0.2, 0.25) is 0 Å². The summed E-state index contributed by atoms with van der Waals surface area (Å²) in [6.07, 6.45) is 7.45. The lowest BCUT2D eigenvalue weighted by Crippen LogP contribution is -2.42. The second kappa shape index (κ2) is 7.67. The molecule has 17 heavy (non-hydrogen) atoms. The number of nitrogens with two attached hydrogens (primary N) is 1. The van der Waals surface area contributed by atoms with Crippen molar-refractivity contribution in [3.05, 3.63) is 0 Å². The van der Waals surface area contributed by atoms with Crippen LogP contribution in [0.25, 0.3) is 0 Å². The topological polar surface area (TPSA) is 64.3 Å². The van der Waals surface area contributed by atoms with Crippen LogP contribution in [0.1, 0.15) is 58.8 Å². The Morgan fingerprint density at radius 3 is 2.82 bits per heavy atom. The molecule has 4 nitrogen and oxygen atoms in total. The Hall–Kier alpha value is -0.610. The van der Waals surface area contributed by atoms with E-state index in [1.54, 1.807) is 0 Å². The van der Waals surface area contributed by atoms with Gasteiger partial charge in [0.25, 0.3) is 5.91 Å². The van der Waals surface area contributed by atoms with E-state index in [2.05, 4.69) is 19.3 Å². The first-order chi connectivity index (χ1) is 8.21. The van der Waals surface area contributed by atoms with Gasteiger partial charge in [-0.25, -0.2) is 5.84 Å². The van der Waals surface area contributed by atoms with Crippen LogP contribution in [-0.2, 0) is 9.53 Å². The van der Waals surface area contributed by atoms with Gasteiger partial charge in [-0.1, -0.05) is 39.5 Å². The largest absolute Gasteiger partial charge is 0.365 e. The summed E-state index contributed by atoms with van der Waals surface area (Å²) in [5.41, 5.74) is 2.20. The molecule has 0 bridgehead atoms. The average Bonchev–Trinajstić information content (AvgIpc) is 2.37. The number of hydrazine groups is 1. The summed E-state index contributed by atoms with van der Waals surface area (Å²) in [6, 6.07) is 0. The molecule has 0 aromatic rings. The lowest BCUT2D eigenvalue weighted by Gasteiger charge is -2.31. The van der Waals surface area contributed by atoms with E-state index in [1.807, 2.05) is 0 Å². The third-order valence-electron chi connectivity index (χ3n) is 3.65. The van der Waals surface area contributed by atoms with Crippen LogP contribution in [0.15, 0.2) is 0 Å². The second-order valence-electron chi connectivity index (χ2n) is 4.98. The molecule has 4 heteroatoms. The molecule has 1 amide bonds. The van der Waals surface area contributed by atoms with E-state index >= 15 is 0 Å². The minimum absolute atomic E-state index is 0.189. The highest BCUT2D eigenvalue weighted by Gasteiger charge is 2.26. The Kier molecular flexibility index (Phi) is 6.52. The summed E-state index contributed by atoms with van der Waals surface area (Å²) in [6.45, 7) is 4.28. The van der Waals surface area contributed by atoms with Gasteiger partial charge in [-0.05, 0) is 25.2 Å². The number of hydrogen-bond acceptors (Lipinski definition) is 3. The summed E-state index contributed by atoms with van der Waals surface area (Å²) >= 11 is 0. The van der Waals surface area contributed by atoms with Crippen LogP contribution in [0.3, 0.4) is 0 Å². The summed E-state index contributed by atoms with van der Waals surface area (Å²) in [4.78, 5) is 11.6. The molecular weight excluding hydrogens is 216 g/mol.